The molecule has 6 aromatic carbocycles. The van der Waals surface area contributed by atoms with Gasteiger partial charge in [-0.15, -0.1) is 6.58 Å². The molecule has 53 heavy (non-hydrogen) atoms. The van der Waals surface area contributed by atoms with Gasteiger partial charge in [0.05, 0.1) is 33.1 Å². The van der Waals surface area contributed by atoms with Crippen molar-refractivity contribution in [1.29, 1.82) is 0 Å². The monoisotopic (exact) mass is 681 g/mol. The van der Waals surface area contributed by atoms with E-state index >= 15 is 0 Å². The third kappa shape index (κ3) is 4.68. The average Bonchev–Trinajstić information content (AvgIpc) is 3.95. The molecule has 5 heteroatoms. The molecule has 0 unspecified atom stereocenters. The molecule has 252 valence electrons. The third-order valence-corrected chi connectivity index (χ3v) is 10.1. The number of fused-ring (bicyclic) bond motifs is 8. The molecule has 0 aliphatic carbocycles. The summed E-state index contributed by atoms with van der Waals surface area (Å²) in [6.45, 7) is 5.25. The van der Waals surface area contributed by atoms with Crippen LogP contribution in [0.5, 0.6) is 0 Å². The summed E-state index contributed by atoms with van der Waals surface area (Å²) in [5.74, 6) is 2.14. The highest BCUT2D eigenvalue weighted by Gasteiger charge is 2.24. The summed E-state index contributed by atoms with van der Waals surface area (Å²) in [6.07, 6.45) is 1.75. The number of rotatable bonds is 4. The van der Waals surface area contributed by atoms with Crippen molar-refractivity contribution in [3.8, 4) is 23.0 Å². The number of para-hydroxylation sites is 6. The van der Waals surface area contributed by atoms with Crippen molar-refractivity contribution >= 4 is 65.7 Å². The van der Waals surface area contributed by atoms with Crippen LogP contribution in [0.25, 0.3) is 88.7 Å². The van der Waals surface area contributed by atoms with Gasteiger partial charge in [0.25, 0.3) is 0 Å². The molecule has 0 fully saturated rings. The maximum atomic E-state index is 5.65. The molecule has 0 aliphatic heterocycles. The van der Waals surface area contributed by atoms with Gasteiger partial charge in [-0.3, -0.25) is 18.3 Å². The first-order valence-electron chi connectivity index (χ1n) is 18.0. The largest absolute Gasteiger partial charge is 0.296 e. The average molecular weight is 682 g/mol. The van der Waals surface area contributed by atoms with E-state index in [-0.39, 0.29) is 0 Å². The Morgan fingerprint density at radius 1 is 0.415 bits per heavy atom. The van der Waals surface area contributed by atoms with Crippen molar-refractivity contribution in [1.82, 2.24) is 23.3 Å². The van der Waals surface area contributed by atoms with Gasteiger partial charge in [-0.1, -0.05) is 115 Å². The summed E-state index contributed by atoms with van der Waals surface area (Å²) in [6, 6.07) is 62.8. The van der Waals surface area contributed by atoms with Crippen LogP contribution in [0.1, 0.15) is 6.92 Å². The maximum Gasteiger partial charge on any atom is 0.147 e. The number of hydrogen-bond acceptors (Lipinski definition) is 1. The minimum atomic E-state index is 0.935. The van der Waals surface area contributed by atoms with Crippen LogP contribution in [0, 0.1) is 0 Å². The molecule has 0 amide bonds. The van der Waals surface area contributed by atoms with Crippen LogP contribution in [0.15, 0.2) is 189 Å². The van der Waals surface area contributed by atoms with Crippen LogP contribution < -0.4 is 0 Å². The van der Waals surface area contributed by atoms with Gasteiger partial charge in [0.15, 0.2) is 0 Å². The van der Waals surface area contributed by atoms with Gasteiger partial charge in [0, 0.05) is 38.3 Å². The summed E-state index contributed by atoms with van der Waals surface area (Å²) in [5.41, 5.74) is 9.79. The van der Waals surface area contributed by atoms with E-state index in [1.807, 2.05) is 6.92 Å². The van der Waals surface area contributed by atoms with E-state index in [1.54, 1.807) is 6.08 Å². The summed E-state index contributed by atoms with van der Waals surface area (Å²) in [4.78, 5) is 5.65. The Morgan fingerprint density at radius 2 is 0.849 bits per heavy atom. The Morgan fingerprint density at radius 3 is 1.42 bits per heavy atom. The van der Waals surface area contributed by atoms with Gasteiger partial charge in [-0.25, -0.2) is 4.98 Å². The molecule has 0 saturated carbocycles. The standard InChI is InChI=1S/C45H29N5.C3H6/c1-3-17-32(18-4-1)47-37-23-11-7-15-30(37)27-42(47)49-40-26-14-10-22-35(40)44-41(49)29-36-34-21-9-13-25-39(34)50(45(36)46-44)43-28-31-16-8-12-24-38(31)48(43)33-19-5-2-6-20-33;1-3-2/h1-29H;3H,1H2,2H3. The lowest BCUT2D eigenvalue weighted by molar-refractivity contribution is 0.989. The van der Waals surface area contributed by atoms with Gasteiger partial charge in [-0.2, -0.15) is 0 Å². The highest BCUT2D eigenvalue weighted by atomic mass is 15.2. The Balaban J connectivity index is 0.00000113. The quantitative estimate of drug-likeness (QED) is 0.170. The van der Waals surface area contributed by atoms with Crippen molar-refractivity contribution in [3.63, 3.8) is 0 Å². The van der Waals surface area contributed by atoms with Gasteiger partial charge >= 0.3 is 0 Å². The number of pyridine rings is 1. The predicted octanol–water partition coefficient (Wildman–Crippen LogP) is 12.4. The molecule has 11 aromatic rings. The second-order valence-corrected chi connectivity index (χ2v) is 13.3. The summed E-state index contributed by atoms with van der Waals surface area (Å²) < 4.78 is 9.48. The van der Waals surface area contributed by atoms with E-state index in [2.05, 4.69) is 201 Å². The predicted molar refractivity (Wildman–Crippen MR) is 222 cm³/mol. The molecular weight excluding hydrogens is 647 g/mol. The second kappa shape index (κ2) is 12.3. The van der Waals surface area contributed by atoms with E-state index in [4.69, 9.17) is 4.98 Å². The van der Waals surface area contributed by atoms with E-state index in [9.17, 15) is 0 Å². The number of aromatic nitrogens is 5. The zero-order valence-corrected chi connectivity index (χ0v) is 29.3. The van der Waals surface area contributed by atoms with Crippen LogP contribution in [-0.2, 0) is 0 Å². The van der Waals surface area contributed by atoms with Crippen molar-refractivity contribution < 1.29 is 0 Å². The lowest BCUT2D eigenvalue weighted by atomic mass is 10.2. The van der Waals surface area contributed by atoms with Gasteiger partial charge in [-0.05, 0) is 73.7 Å². The summed E-state index contributed by atoms with van der Waals surface area (Å²) in [7, 11) is 0. The zero-order valence-electron chi connectivity index (χ0n) is 29.3. The SMILES string of the molecule is C=CC.c1ccc(-n2c(-n3c4ccccc4c4nc5c(cc43)c3ccccc3n5-c3cc4ccccc4n3-c3ccccc3)cc3ccccc32)cc1. The van der Waals surface area contributed by atoms with Gasteiger partial charge in [0.1, 0.15) is 17.3 Å². The van der Waals surface area contributed by atoms with Crippen LogP contribution in [-0.4, -0.2) is 23.3 Å². The van der Waals surface area contributed by atoms with E-state index in [0.717, 1.165) is 67.0 Å². The number of nitrogens with zero attached hydrogens (tertiary/aromatic N) is 5. The smallest absolute Gasteiger partial charge is 0.147 e. The van der Waals surface area contributed by atoms with Crippen molar-refractivity contribution in [2.24, 2.45) is 0 Å². The van der Waals surface area contributed by atoms with E-state index < -0.39 is 0 Å². The second-order valence-electron chi connectivity index (χ2n) is 13.3. The minimum Gasteiger partial charge on any atom is -0.296 e. The molecule has 0 atom stereocenters. The van der Waals surface area contributed by atoms with Crippen LogP contribution in [0.3, 0.4) is 0 Å². The van der Waals surface area contributed by atoms with E-state index in [1.165, 1.54) is 21.7 Å². The minimum absolute atomic E-state index is 0.935. The molecular formula is C48H35N5. The number of hydrogen-bond donors (Lipinski definition) is 0. The fraction of sp³-hybridized carbons (Fsp3) is 0.0208. The van der Waals surface area contributed by atoms with Crippen LogP contribution in [0.4, 0.5) is 0 Å². The topological polar surface area (TPSA) is 32.6 Å². The highest BCUT2D eigenvalue weighted by Crippen LogP contribution is 2.40. The first-order chi connectivity index (χ1) is 26.2. The lowest BCUT2D eigenvalue weighted by Crippen LogP contribution is -2.05. The molecule has 0 aliphatic rings. The highest BCUT2D eigenvalue weighted by molar-refractivity contribution is 6.16. The third-order valence-electron chi connectivity index (χ3n) is 10.1. The summed E-state index contributed by atoms with van der Waals surface area (Å²) >= 11 is 0. The molecule has 0 N–H and O–H groups in total. The Kier molecular flexibility index (Phi) is 7.12. The van der Waals surface area contributed by atoms with Crippen molar-refractivity contribution in [3.05, 3.63) is 189 Å². The molecule has 0 saturated heterocycles. The normalized spacial score (nSPS) is 11.6. The molecule has 5 nitrogen and oxygen atoms in total. The van der Waals surface area contributed by atoms with Crippen LogP contribution in [0.2, 0.25) is 0 Å². The lowest BCUT2D eigenvalue weighted by Gasteiger charge is -2.14. The first-order valence-corrected chi connectivity index (χ1v) is 18.0. The van der Waals surface area contributed by atoms with Gasteiger partial charge < -0.3 is 0 Å². The molecule has 0 radical (unpaired) electrons. The fourth-order valence-corrected chi connectivity index (χ4v) is 8.02. The maximum absolute atomic E-state index is 5.65. The van der Waals surface area contributed by atoms with Crippen molar-refractivity contribution in [2.45, 2.75) is 6.92 Å². The van der Waals surface area contributed by atoms with E-state index in [0.29, 0.717) is 0 Å². The first kappa shape index (κ1) is 30.7. The Hall–Kier alpha value is -7.11. The number of benzene rings is 6. The Bertz CT molecular complexity index is 2930. The molecule has 11 rings (SSSR count). The molecule has 0 bridgehead atoms. The molecule has 5 heterocycles. The Labute approximate surface area is 306 Å². The van der Waals surface area contributed by atoms with Crippen molar-refractivity contribution in [2.75, 3.05) is 0 Å². The zero-order chi connectivity index (χ0) is 35.5. The molecule has 0 spiro atoms. The van der Waals surface area contributed by atoms with Gasteiger partial charge in [0.2, 0.25) is 0 Å². The fourth-order valence-electron chi connectivity index (χ4n) is 8.02. The van der Waals surface area contributed by atoms with Crippen LogP contribution >= 0.6 is 0 Å². The summed E-state index contributed by atoms with van der Waals surface area (Å²) in [5, 5.41) is 5.78. The molecule has 5 aromatic heterocycles. The number of allylic oxidation sites excluding steroid dienone is 1.